The number of anilines is 1. The fraction of sp³-hybridized carbons (Fsp3) is 0.417. The van der Waals surface area contributed by atoms with Crippen LogP contribution >= 0.6 is 12.2 Å². The highest BCUT2D eigenvalue weighted by Crippen LogP contribution is 2.13. The van der Waals surface area contributed by atoms with Crippen molar-refractivity contribution in [2.45, 2.75) is 25.5 Å². The molecule has 2 rings (SSSR count). The van der Waals surface area contributed by atoms with Crippen molar-refractivity contribution in [1.29, 1.82) is 0 Å². The Bertz CT molecular complexity index is 355. The molecule has 86 valence electrons. The van der Waals surface area contributed by atoms with Gasteiger partial charge in [0.2, 0.25) is 0 Å². The fourth-order valence-corrected chi connectivity index (χ4v) is 2.05. The Hall–Kier alpha value is -1.13. The normalized spacial score (nSPS) is 24.1. The van der Waals surface area contributed by atoms with E-state index in [1.807, 2.05) is 30.3 Å². The van der Waals surface area contributed by atoms with E-state index < -0.39 is 0 Å². The molecule has 0 aliphatic carbocycles. The number of thiocarbonyl (C=S) groups is 1. The number of rotatable bonds is 2. The summed E-state index contributed by atoms with van der Waals surface area (Å²) >= 11 is 5.25. The molecule has 1 aromatic rings. The van der Waals surface area contributed by atoms with E-state index in [9.17, 15) is 0 Å². The molecule has 0 bridgehead atoms. The third-order valence-corrected chi connectivity index (χ3v) is 2.94. The van der Waals surface area contributed by atoms with Crippen molar-refractivity contribution in [3.63, 3.8) is 0 Å². The van der Waals surface area contributed by atoms with Crippen LogP contribution in [0, 0.1) is 0 Å². The Balaban J connectivity index is 1.85. The minimum atomic E-state index is 0.232. The van der Waals surface area contributed by atoms with Crippen LogP contribution in [0.5, 0.6) is 0 Å². The summed E-state index contributed by atoms with van der Waals surface area (Å²) in [5.74, 6) is 0. The molecule has 16 heavy (non-hydrogen) atoms. The van der Waals surface area contributed by atoms with Gasteiger partial charge in [-0.1, -0.05) is 18.2 Å². The second-order valence-electron chi connectivity index (χ2n) is 3.94. The maximum Gasteiger partial charge on any atom is 0.171 e. The lowest BCUT2D eigenvalue weighted by atomic mass is 10.2. The van der Waals surface area contributed by atoms with Crippen molar-refractivity contribution in [2.75, 3.05) is 11.9 Å². The molecule has 1 aliphatic rings. The summed E-state index contributed by atoms with van der Waals surface area (Å²) in [6.45, 7) is 2.88. The Morgan fingerprint density at radius 1 is 1.38 bits per heavy atom. The number of ether oxygens (including phenoxy) is 1. The van der Waals surface area contributed by atoms with Crippen LogP contribution in [0.25, 0.3) is 0 Å². The zero-order valence-corrected chi connectivity index (χ0v) is 10.1. The molecule has 3 nitrogen and oxygen atoms in total. The zero-order valence-electron chi connectivity index (χ0n) is 9.27. The molecule has 2 unspecified atom stereocenters. The number of nitrogens with one attached hydrogen (secondary N) is 2. The van der Waals surface area contributed by atoms with Crippen LogP contribution in [-0.4, -0.2) is 23.9 Å². The standard InChI is InChI=1S/C12H16N2OS/c1-9-11(7-8-15-9)14-12(16)13-10-5-3-2-4-6-10/h2-6,9,11H,7-8H2,1H3,(H2,13,14,16). The molecule has 1 fully saturated rings. The fourth-order valence-electron chi connectivity index (χ4n) is 1.78. The first-order chi connectivity index (χ1) is 7.75. The van der Waals surface area contributed by atoms with Crippen molar-refractivity contribution < 1.29 is 4.74 Å². The number of hydrogen-bond donors (Lipinski definition) is 2. The van der Waals surface area contributed by atoms with E-state index in [1.165, 1.54) is 0 Å². The Kier molecular flexibility index (Phi) is 3.74. The van der Waals surface area contributed by atoms with E-state index in [2.05, 4.69) is 17.6 Å². The smallest absolute Gasteiger partial charge is 0.171 e. The van der Waals surface area contributed by atoms with Crippen molar-refractivity contribution in [3.8, 4) is 0 Å². The minimum Gasteiger partial charge on any atom is -0.376 e. The van der Waals surface area contributed by atoms with E-state index in [4.69, 9.17) is 17.0 Å². The first-order valence-corrected chi connectivity index (χ1v) is 5.91. The van der Waals surface area contributed by atoms with Crippen molar-refractivity contribution in [1.82, 2.24) is 5.32 Å². The largest absolute Gasteiger partial charge is 0.376 e. The van der Waals surface area contributed by atoms with Crippen LogP contribution in [0.2, 0.25) is 0 Å². The molecule has 1 aliphatic heterocycles. The summed E-state index contributed by atoms with van der Waals surface area (Å²) in [6, 6.07) is 10.2. The van der Waals surface area contributed by atoms with Gasteiger partial charge in [-0.25, -0.2) is 0 Å². The van der Waals surface area contributed by atoms with Gasteiger partial charge in [-0.3, -0.25) is 0 Å². The van der Waals surface area contributed by atoms with Crippen LogP contribution in [0.4, 0.5) is 5.69 Å². The van der Waals surface area contributed by atoms with Crippen LogP contribution in [0.1, 0.15) is 13.3 Å². The molecular weight excluding hydrogens is 220 g/mol. The monoisotopic (exact) mass is 236 g/mol. The maximum atomic E-state index is 5.47. The Morgan fingerprint density at radius 3 is 2.75 bits per heavy atom. The lowest BCUT2D eigenvalue weighted by molar-refractivity contribution is 0.116. The second-order valence-corrected chi connectivity index (χ2v) is 4.34. The van der Waals surface area contributed by atoms with Gasteiger partial charge < -0.3 is 15.4 Å². The summed E-state index contributed by atoms with van der Waals surface area (Å²) < 4.78 is 5.47. The van der Waals surface area contributed by atoms with E-state index in [-0.39, 0.29) is 6.10 Å². The predicted molar refractivity (Wildman–Crippen MR) is 69.6 cm³/mol. The van der Waals surface area contributed by atoms with Gasteiger partial charge in [0.1, 0.15) is 0 Å². The summed E-state index contributed by atoms with van der Waals surface area (Å²) in [6.07, 6.45) is 1.24. The van der Waals surface area contributed by atoms with Gasteiger partial charge in [-0.15, -0.1) is 0 Å². The van der Waals surface area contributed by atoms with Crippen LogP contribution in [0.3, 0.4) is 0 Å². The first-order valence-electron chi connectivity index (χ1n) is 5.50. The van der Waals surface area contributed by atoms with Gasteiger partial charge in [0.05, 0.1) is 12.1 Å². The number of para-hydroxylation sites is 1. The Morgan fingerprint density at radius 2 is 2.12 bits per heavy atom. The summed E-state index contributed by atoms with van der Waals surface area (Å²) in [5, 5.41) is 7.09. The lowest BCUT2D eigenvalue weighted by Gasteiger charge is -2.18. The molecule has 0 spiro atoms. The molecule has 2 N–H and O–H groups in total. The van der Waals surface area contributed by atoms with Gasteiger partial charge in [0, 0.05) is 12.3 Å². The molecular formula is C12H16N2OS. The van der Waals surface area contributed by atoms with Gasteiger partial charge >= 0.3 is 0 Å². The SMILES string of the molecule is CC1OCCC1NC(=S)Nc1ccccc1. The van der Waals surface area contributed by atoms with E-state index in [0.29, 0.717) is 11.2 Å². The summed E-state index contributed by atoms with van der Waals surface area (Å²) in [5.41, 5.74) is 1.01. The quantitative estimate of drug-likeness (QED) is 0.771. The average molecular weight is 236 g/mol. The van der Waals surface area contributed by atoms with E-state index in [0.717, 1.165) is 18.7 Å². The molecule has 0 aromatic heterocycles. The Labute approximate surface area is 101 Å². The third-order valence-electron chi connectivity index (χ3n) is 2.72. The van der Waals surface area contributed by atoms with Crippen LogP contribution in [0.15, 0.2) is 30.3 Å². The molecule has 0 amide bonds. The van der Waals surface area contributed by atoms with Gasteiger partial charge in [-0.2, -0.15) is 0 Å². The highest BCUT2D eigenvalue weighted by molar-refractivity contribution is 7.80. The molecule has 2 atom stereocenters. The van der Waals surface area contributed by atoms with Crippen LogP contribution < -0.4 is 10.6 Å². The minimum absolute atomic E-state index is 0.232. The van der Waals surface area contributed by atoms with Crippen molar-refractivity contribution >= 4 is 23.0 Å². The van der Waals surface area contributed by atoms with Gasteiger partial charge in [0.25, 0.3) is 0 Å². The van der Waals surface area contributed by atoms with Crippen molar-refractivity contribution in [2.24, 2.45) is 0 Å². The average Bonchev–Trinajstić information content (AvgIpc) is 2.66. The molecule has 0 radical (unpaired) electrons. The number of hydrogen-bond acceptors (Lipinski definition) is 2. The second kappa shape index (κ2) is 5.27. The predicted octanol–water partition coefficient (Wildman–Crippen LogP) is 2.15. The molecule has 4 heteroatoms. The van der Waals surface area contributed by atoms with Crippen LogP contribution in [-0.2, 0) is 4.74 Å². The summed E-state index contributed by atoms with van der Waals surface area (Å²) in [7, 11) is 0. The maximum absolute atomic E-state index is 5.47. The molecule has 0 saturated carbocycles. The first kappa shape index (κ1) is 11.4. The zero-order chi connectivity index (χ0) is 11.4. The molecule has 1 saturated heterocycles. The topological polar surface area (TPSA) is 33.3 Å². The third kappa shape index (κ3) is 2.93. The highest BCUT2D eigenvalue weighted by atomic mass is 32.1. The molecule has 1 aromatic carbocycles. The number of benzene rings is 1. The molecule has 1 heterocycles. The highest BCUT2D eigenvalue weighted by Gasteiger charge is 2.24. The van der Waals surface area contributed by atoms with Gasteiger partial charge in [-0.05, 0) is 37.7 Å². The van der Waals surface area contributed by atoms with Crippen molar-refractivity contribution in [3.05, 3.63) is 30.3 Å². The van der Waals surface area contributed by atoms with Gasteiger partial charge in [0.15, 0.2) is 5.11 Å². The summed E-state index contributed by atoms with van der Waals surface area (Å²) in [4.78, 5) is 0. The lowest BCUT2D eigenvalue weighted by Crippen LogP contribution is -2.41. The van der Waals surface area contributed by atoms with E-state index in [1.54, 1.807) is 0 Å². The van der Waals surface area contributed by atoms with E-state index >= 15 is 0 Å².